The second kappa shape index (κ2) is 15.8. The molecule has 1 atom stereocenters. The first kappa shape index (κ1) is 38.8. The van der Waals surface area contributed by atoms with Gasteiger partial charge in [0.15, 0.2) is 0 Å². The number of imide groups is 2. The molecule has 1 unspecified atom stereocenters. The van der Waals surface area contributed by atoms with Crippen LogP contribution >= 0.6 is 11.6 Å². The van der Waals surface area contributed by atoms with Gasteiger partial charge < -0.3 is 29.8 Å². The maximum absolute atomic E-state index is 13.4. The summed E-state index contributed by atoms with van der Waals surface area (Å²) in [6.07, 6.45) is 6.35. The number of piperidine rings is 3. The molecule has 5 fully saturated rings. The van der Waals surface area contributed by atoms with Crippen molar-refractivity contribution in [1.29, 1.82) is 0 Å². The highest BCUT2D eigenvalue weighted by atomic mass is 35.5. The SMILES string of the molecule is [C-]#[N+]c1ccc(N2CCN(C(=O)Nc3ccc(N4CCC(CN5CC6(CCN(c7ccc8c(c7)C(=O)N(C7CCC(=O)NC7=O)C8=O)CC6)C5)CC4)nc3)CC2)cc1Cl. The number of aromatic nitrogens is 1. The van der Waals surface area contributed by atoms with Crippen LogP contribution in [0.1, 0.15) is 59.2 Å². The lowest BCUT2D eigenvalue weighted by atomic mass is 9.71. The molecule has 0 saturated carbocycles. The van der Waals surface area contributed by atoms with Crippen molar-refractivity contribution in [3.8, 4) is 0 Å². The van der Waals surface area contributed by atoms with Crippen LogP contribution in [0.5, 0.6) is 0 Å². The van der Waals surface area contributed by atoms with E-state index in [1.165, 1.54) is 0 Å². The molecule has 2 aromatic carbocycles. The Morgan fingerprint density at radius 1 is 0.831 bits per heavy atom. The van der Waals surface area contributed by atoms with E-state index in [0.29, 0.717) is 65.0 Å². The quantitative estimate of drug-likeness (QED) is 0.251. The first-order chi connectivity index (χ1) is 28.6. The smallest absolute Gasteiger partial charge is 0.322 e. The largest absolute Gasteiger partial charge is 0.371 e. The van der Waals surface area contributed by atoms with Crippen molar-refractivity contribution in [2.75, 3.05) is 92.0 Å². The lowest BCUT2D eigenvalue weighted by molar-refractivity contribution is -0.136. The zero-order valence-corrected chi connectivity index (χ0v) is 33.6. The average Bonchev–Trinajstić information content (AvgIpc) is 3.48. The number of nitrogens with zero attached hydrogens (tertiary/aromatic N) is 8. The molecule has 1 aromatic heterocycles. The van der Waals surface area contributed by atoms with Crippen LogP contribution in [-0.4, -0.2) is 127 Å². The van der Waals surface area contributed by atoms with E-state index in [9.17, 15) is 24.0 Å². The van der Waals surface area contributed by atoms with Crippen molar-refractivity contribution in [3.05, 3.63) is 82.3 Å². The zero-order valence-electron chi connectivity index (χ0n) is 32.9. The molecule has 6 aliphatic heterocycles. The Balaban J connectivity index is 0.691. The van der Waals surface area contributed by atoms with Gasteiger partial charge in [0.25, 0.3) is 11.8 Å². The fourth-order valence-corrected chi connectivity index (χ4v) is 9.97. The number of carbonyl (C=O) groups excluding carboxylic acids is 5. The number of hydrogen-bond donors (Lipinski definition) is 2. The Labute approximate surface area is 348 Å². The van der Waals surface area contributed by atoms with Crippen LogP contribution in [0.2, 0.25) is 5.02 Å². The van der Waals surface area contributed by atoms with Crippen LogP contribution in [0.3, 0.4) is 0 Å². The number of amides is 6. The molecule has 7 heterocycles. The summed E-state index contributed by atoms with van der Waals surface area (Å²) in [7, 11) is 0. The Morgan fingerprint density at radius 2 is 1.53 bits per heavy atom. The van der Waals surface area contributed by atoms with Gasteiger partial charge in [-0.2, -0.15) is 0 Å². The molecule has 0 radical (unpaired) electrons. The number of carbonyl (C=O) groups is 5. The molecule has 6 aliphatic rings. The maximum Gasteiger partial charge on any atom is 0.322 e. The second-order valence-electron chi connectivity index (χ2n) is 16.8. The van der Waals surface area contributed by atoms with Gasteiger partial charge in [-0.15, -0.1) is 0 Å². The van der Waals surface area contributed by atoms with Gasteiger partial charge in [-0.05, 0) is 85.9 Å². The van der Waals surface area contributed by atoms with E-state index in [1.54, 1.807) is 29.3 Å². The molecule has 5 saturated heterocycles. The molecule has 9 rings (SSSR count). The molecule has 1 spiro atoms. The van der Waals surface area contributed by atoms with E-state index in [1.807, 2.05) is 30.3 Å². The van der Waals surface area contributed by atoms with Crippen molar-refractivity contribution < 1.29 is 24.0 Å². The predicted molar refractivity (Wildman–Crippen MR) is 223 cm³/mol. The maximum atomic E-state index is 13.4. The molecule has 59 heavy (non-hydrogen) atoms. The number of pyridine rings is 1. The number of rotatable bonds is 7. The van der Waals surface area contributed by atoms with Gasteiger partial charge in [0.05, 0.1) is 29.6 Å². The summed E-state index contributed by atoms with van der Waals surface area (Å²) in [6.45, 7) is 16.7. The molecule has 6 amide bonds. The van der Waals surface area contributed by atoms with Crippen LogP contribution in [0.15, 0.2) is 54.7 Å². The standard InChI is InChI=1S/C43H47ClN10O5/c1-45-35-6-4-31(23-34(35)44)51-18-20-53(21-19-51)42(59)47-29-2-8-37(46-24-29)52-14-10-28(11-15-52)25-49-26-43(27-49)12-16-50(17-13-43)30-3-5-32-33(22-30)41(58)54(40(32)57)36-7-9-38(55)48-39(36)56/h2-6,8,22-24,28,36H,7,9-21,25-27H2,(H,47,59)(H,48,55,56). The van der Waals surface area contributed by atoms with Crippen molar-refractivity contribution in [3.63, 3.8) is 0 Å². The number of urea groups is 1. The molecule has 0 aliphatic carbocycles. The molecule has 16 heteroatoms. The number of halogens is 1. The topological polar surface area (TPSA) is 146 Å². The van der Waals surface area contributed by atoms with E-state index in [0.717, 1.165) is 93.6 Å². The number of nitrogens with one attached hydrogen (secondary N) is 2. The van der Waals surface area contributed by atoms with Crippen LogP contribution < -0.4 is 25.3 Å². The van der Waals surface area contributed by atoms with Crippen molar-refractivity contribution in [2.24, 2.45) is 11.3 Å². The van der Waals surface area contributed by atoms with E-state index in [4.69, 9.17) is 23.2 Å². The van der Waals surface area contributed by atoms with Crippen molar-refractivity contribution in [2.45, 2.75) is 44.6 Å². The fraction of sp³-hybridized carbons (Fsp3) is 0.465. The van der Waals surface area contributed by atoms with Gasteiger partial charge in [0.1, 0.15) is 11.9 Å². The third kappa shape index (κ3) is 7.67. The van der Waals surface area contributed by atoms with Crippen LogP contribution in [-0.2, 0) is 9.59 Å². The van der Waals surface area contributed by atoms with E-state index in [-0.39, 0.29) is 24.8 Å². The number of benzene rings is 2. The van der Waals surface area contributed by atoms with Gasteiger partial charge in [-0.3, -0.25) is 29.4 Å². The highest BCUT2D eigenvalue weighted by Gasteiger charge is 2.47. The predicted octanol–water partition coefficient (Wildman–Crippen LogP) is 4.86. The van der Waals surface area contributed by atoms with Crippen molar-refractivity contribution >= 4 is 69.8 Å². The Hall–Kier alpha value is -5.72. The third-order valence-corrected chi connectivity index (χ3v) is 13.5. The number of piperazine rings is 1. The Morgan fingerprint density at radius 3 is 2.20 bits per heavy atom. The highest BCUT2D eigenvalue weighted by Crippen LogP contribution is 2.43. The average molecular weight is 819 g/mol. The first-order valence-corrected chi connectivity index (χ1v) is 21.0. The highest BCUT2D eigenvalue weighted by molar-refractivity contribution is 6.33. The minimum atomic E-state index is -0.963. The van der Waals surface area contributed by atoms with Crippen LogP contribution in [0, 0.1) is 17.9 Å². The molecule has 2 N–H and O–H groups in total. The fourth-order valence-electron chi connectivity index (χ4n) is 9.75. The van der Waals surface area contributed by atoms with Gasteiger partial charge >= 0.3 is 6.03 Å². The first-order valence-electron chi connectivity index (χ1n) is 20.6. The summed E-state index contributed by atoms with van der Waals surface area (Å²) in [5.74, 6) is -0.360. The lowest BCUT2D eigenvalue weighted by Gasteiger charge is -2.55. The minimum absolute atomic E-state index is 0.0989. The lowest BCUT2D eigenvalue weighted by Crippen LogP contribution is -2.61. The number of fused-ring (bicyclic) bond motifs is 1. The van der Waals surface area contributed by atoms with Gasteiger partial charge in [0.2, 0.25) is 17.5 Å². The van der Waals surface area contributed by atoms with Crippen LogP contribution in [0.25, 0.3) is 4.85 Å². The second-order valence-corrected chi connectivity index (χ2v) is 17.2. The number of anilines is 4. The van der Waals surface area contributed by atoms with E-state index < -0.39 is 23.8 Å². The molecule has 15 nitrogen and oxygen atoms in total. The number of likely N-dealkylation sites (tertiary alicyclic amines) is 1. The Kier molecular flexibility index (Phi) is 10.4. The molecular weight excluding hydrogens is 772 g/mol. The van der Waals surface area contributed by atoms with E-state index in [2.05, 4.69) is 35.1 Å². The molecular formula is C43H47ClN10O5. The molecule has 3 aromatic rings. The van der Waals surface area contributed by atoms with Gasteiger partial charge in [0, 0.05) is 94.8 Å². The van der Waals surface area contributed by atoms with Gasteiger partial charge in [-0.1, -0.05) is 17.7 Å². The Bertz CT molecular complexity index is 2210. The summed E-state index contributed by atoms with van der Waals surface area (Å²) >= 11 is 6.24. The summed E-state index contributed by atoms with van der Waals surface area (Å²) < 4.78 is 0. The van der Waals surface area contributed by atoms with E-state index >= 15 is 0 Å². The minimum Gasteiger partial charge on any atom is -0.371 e. The molecule has 0 bridgehead atoms. The summed E-state index contributed by atoms with van der Waals surface area (Å²) in [5.41, 5.74) is 3.93. The number of hydrogen-bond acceptors (Lipinski definition) is 10. The van der Waals surface area contributed by atoms with Crippen molar-refractivity contribution in [1.82, 2.24) is 25.0 Å². The third-order valence-electron chi connectivity index (χ3n) is 13.2. The van der Waals surface area contributed by atoms with Crippen LogP contribution in [0.4, 0.5) is 33.4 Å². The zero-order chi connectivity index (χ0) is 40.8. The molecule has 306 valence electrons. The van der Waals surface area contributed by atoms with Gasteiger partial charge in [-0.25, -0.2) is 14.6 Å². The summed E-state index contributed by atoms with van der Waals surface area (Å²) in [5, 5.41) is 5.70. The normalized spacial score (nSPS) is 22.3. The summed E-state index contributed by atoms with van der Waals surface area (Å²) in [6, 6.07) is 13.7. The summed E-state index contributed by atoms with van der Waals surface area (Å²) in [4.78, 5) is 84.0. The monoisotopic (exact) mass is 818 g/mol.